The molecule has 7 nitrogen and oxygen atoms in total. The van der Waals surface area contributed by atoms with E-state index in [1.165, 1.54) is 83.5 Å². The summed E-state index contributed by atoms with van der Waals surface area (Å²) in [5.74, 6) is -0.184. The number of aliphatic hydroxyl groups is 3. The van der Waals surface area contributed by atoms with Gasteiger partial charge in [-0.05, 0) is 13.3 Å². The van der Waals surface area contributed by atoms with Crippen LogP contribution in [0.5, 0.6) is 0 Å². The van der Waals surface area contributed by atoms with Crippen LogP contribution in [0, 0.1) is 0 Å². The topological polar surface area (TPSA) is 105 Å². The van der Waals surface area contributed by atoms with Crippen molar-refractivity contribution in [3.8, 4) is 0 Å². The molecule has 0 radical (unpaired) electrons. The number of rotatable bonds is 21. The van der Waals surface area contributed by atoms with Crippen molar-refractivity contribution in [2.24, 2.45) is 0 Å². The van der Waals surface area contributed by atoms with Gasteiger partial charge in [0, 0.05) is 12.8 Å². The number of hydrogen-bond donors (Lipinski definition) is 3. The zero-order valence-electron chi connectivity index (χ0n) is 21.8. The maximum absolute atomic E-state index is 11.8. The molecule has 0 aromatic carbocycles. The minimum absolute atomic E-state index is 0.184. The monoisotopic (exact) mass is 488 g/mol. The van der Waals surface area contributed by atoms with Crippen molar-refractivity contribution in [2.75, 3.05) is 13.2 Å². The Bertz CT molecular complexity index is 488. The minimum Gasteiger partial charge on any atom is -0.466 e. The number of ether oxygens (including phenoxy) is 3. The fraction of sp³-hybridized carbons (Fsp3) is 0.963. The maximum atomic E-state index is 11.8. The summed E-state index contributed by atoms with van der Waals surface area (Å²) in [7, 11) is 0. The summed E-state index contributed by atoms with van der Waals surface area (Å²) in [5.41, 5.74) is 0. The molecule has 1 rings (SSSR count). The van der Waals surface area contributed by atoms with Gasteiger partial charge in [0.05, 0.1) is 19.3 Å². The van der Waals surface area contributed by atoms with Crippen LogP contribution in [-0.2, 0) is 19.0 Å². The number of hydrogen-bond acceptors (Lipinski definition) is 7. The smallest absolute Gasteiger partial charge is 0.305 e. The van der Waals surface area contributed by atoms with Crippen LogP contribution >= 0.6 is 0 Å². The van der Waals surface area contributed by atoms with Gasteiger partial charge in [-0.25, -0.2) is 0 Å². The van der Waals surface area contributed by atoms with Gasteiger partial charge in [0.2, 0.25) is 0 Å². The standard InChI is InChI=1S/C27H52O7/c1-3-4-5-6-7-8-9-10-11-12-13-14-15-16-17-19-23(28)32-20-18-21-33-27-26(31)25(30)24(29)22(2)34-27/h22,24-27,29-31H,3-21H2,1-2H3/t22-,24-,25+,26-,27+/m1/s1. The molecule has 0 spiro atoms. The summed E-state index contributed by atoms with van der Waals surface area (Å²) in [6, 6.07) is 0. The SMILES string of the molecule is CCCCCCCCCCCCCCCCCC(=O)OCCCO[C@H]1O[C@H](C)[C@@H](O)[C@H](O)[C@H]1O. The Morgan fingerprint density at radius 2 is 1.18 bits per heavy atom. The average molecular weight is 489 g/mol. The van der Waals surface area contributed by atoms with Crippen molar-refractivity contribution < 1.29 is 34.3 Å². The summed E-state index contributed by atoms with van der Waals surface area (Å²) in [5, 5.41) is 29.3. The minimum atomic E-state index is -1.31. The van der Waals surface area contributed by atoms with E-state index in [0.717, 1.165) is 12.8 Å². The zero-order valence-corrected chi connectivity index (χ0v) is 21.8. The van der Waals surface area contributed by atoms with Crippen LogP contribution in [0.3, 0.4) is 0 Å². The fourth-order valence-electron chi connectivity index (χ4n) is 4.31. The average Bonchev–Trinajstić information content (AvgIpc) is 2.83. The van der Waals surface area contributed by atoms with Crippen LogP contribution in [0.25, 0.3) is 0 Å². The van der Waals surface area contributed by atoms with E-state index in [4.69, 9.17) is 14.2 Å². The normalized spacial score (nSPS) is 24.9. The van der Waals surface area contributed by atoms with Crippen molar-refractivity contribution in [2.45, 2.75) is 154 Å². The van der Waals surface area contributed by atoms with E-state index in [2.05, 4.69) is 6.92 Å². The molecule has 0 aromatic heterocycles. The third kappa shape index (κ3) is 14.6. The van der Waals surface area contributed by atoms with E-state index in [9.17, 15) is 20.1 Å². The first-order valence-corrected chi connectivity index (χ1v) is 13.9. The predicted molar refractivity (Wildman–Crippen MR) is 133 cm³/mol. The maximum Gasteiger partial charge on any atom is 0.305 e. The van der Waals surface area contributed by atoms with Gasteiger partial charge in [-0.1, -0.05) is 96.8 Å². The molecule has 0 bridgehead atoms. The van der Waals surface area contributed by atoms with E-state index in [1.54, 1.807) is 6.92 Å². The van der Waals surface area contributed by atoms with Crippen molar-refractivity contribution in [3.63, 3.8) is 0 Å². The van der Waals surface area contributed by atoms with Crippen LogP contribution in [-0.4, -0.2) is 65.2 Å². The lowest BCUT2D eigenvalue weighted by Gasteiger charge is -2.38. The highest BCUT2D eigenvalue weighted by Gasteiger charge is 2.42. The Balaban J connectivity index is 1.84. The van der Waals surface area contributed by atoms with Crippen LogP contribution in [0.4, 0.5) is 0 Å². The highest BCUT2D eigenvalue weighted by Crippen LogP contribution is 2.21. The molecule has 3 N–H and O–H groups in total. The summed E-state index contributed by atoms with van der Waals surface area (Å²) in [6.45, 7) is 4.35. The van der Waals surface area contributed by atoms with E-state index in [1.807, 2.05) is 0 Å². The number of aliphatic hydroxyl groups excluding tert-OH is 3. The number of esters is 1. The van der Waals surface area contributed by atoms with Gasteiger partial charge in [0.1, 0.15) is 18.3 Å². The third-order valence-corrected chi connectivity index (χ3v) is 6.63. The number of carbonyl (C=O) groups is 1. The second kappa shape index (κ2) is 20.5. The highest BCUT2D eigenvalue weighted by molar-refractivity contribution is 5.69. The van der Waals surface area contributed by atoms with Crippen molar-refractivity contribution in [1.82, 2.24) is 0 Å². The van der Waals surface area contributed by atoms with Crippen molar-refractivity contribution in [3.05, 3.63) is 0 Å². The third-order valence-electron chi connectivity index (χ3n) is 6.63. The molecule has 1 aliphatic rings. The summed E-state index contributed by atoms with van der Waals surface area (Å²) in [4.78, 5) is 11.8. The number of carbonyl (C=O) groups excluding carboxylic acids is 1. The first-order valence-electron chi connectivity index (χ1n) is 13.9. The molecule has 0 aromatic rings. The van der Waals surface area contributed by atoms with Crippen LogP contribution in [0.1, 0.15) is 123 Å². The molecule has 1 saturated heterocycles. The fourth-order valence-corrected chi connectivity index (χ4v) is 4.31. The molecule has 7 heteroatoms. The molecule has 0 aliphatic carbocycles. The quantitative estimate of drug-likeness (QED) is 0.154. The molecule has 0 amide bonds. The van der Waals surface area contributed by atoms with Crippen LogP contribution < -0.4 is 0 Å². The largest absolute Gasteiger partial charge is 0.466 e. The first kappa shape index (κ1) is 31.3. The van der Waals surface area contributed by atoms with Gasteiger partial charge < -0.3 is 29.5 Å². The van der Waals surface area contributed by atoms with E-state index >= 15 is 0 Å². The van der Waals surface area contributed by atoms with Gasteiger partial charge in [-0.3, -0.25) is 4.79 Å². The van der Waals surface area contributed by atoms with E-state index in [0.29, 0.717) is 12.8 Å². The Kier molecular flexibility index (Phi) is 18.8. The van der Waals surface area contributed by atoms with E-state index in [-0.39, 0.29) is 19.2 Å². The molecule has 202 valence electrons. The predicted octanol–water partition coefficient (Wildman–Crippen LogP) is 5.03. The molecule has 0 unspecified atom stereocenters. The second-order valence-corrected chi connectivity index (χ2v) is 9.83. The molecule has 1 aliphatic heterocycles. The lowest BCUT2D eigenvalue weighted by molar-refractivity contribution is -0.293. The Morgan fingerprint density at radius 3 is 1.71 bits per heavy atom. The summed E-state index contributed by atoms with van der Waals surface area (Å²) in [6.07, 6.45) is 15.0. The zero-order chi connectivity index (χ0) is 25.0. The molecule has 5 atom stereocenters. The second-order valence-electron chi connectivity index (χ2n) is 9.83. The lowest BCUT2D eigenvalue weighted by Crippen LogP contribution is -2.57. The molecular formula is C27H52O7. The van der Waals surface area contributed by atoms with Gasteiger partial charge in [0.25, 0.3) is 0 Å². The summed E-state index contributed by atoms with van der Waals surface area (Å²) < 4.78 is 16.0. The van der Waals surface area contributed by atoms with Crippen LogP contribution in [0.15, 0.2) is 0 Å². The van der Waals surface area contributed by atoms with Gasteiger partial charge in [-0.15, -0.1) is 0 Å². The van der Waals surface area contributed by atoms with Crippen LogP contribution in [0.2, 0.25) is 0 Å². The Hall–Kier alpha value is -0.730. The Labute approximate surface area is 207 Å². The first-order chi connectivity index (χ1) is 16.5. The molecular weight excluding hydrogens is 436 g/mol. The van der Waals surface area contributed by atoms with Gasteiger partial charge in [-0.2, -0.15) is 0 Å². The Morgan fingerprint density at radius 1 is 0.676 bits per heavy atom. The van der Waals surface area contributed by atoms with Crippen molar-refractivity contribution in [1.29, 1.82) is 0 Å². The number of unbranched alkanes of at least 4 members (excludes halogenated alkanes) is 14. The van der Waals surface area contributed by atoms with E-state index < -0.39 is 30.7 Å². The lowest BCUT2D eigenvalue weighted by atomic mass is 10.0. The molecule has 1 heterocycles. The molecule has 0 saturated carbocycles. The van der Waals surface area contributed by atoms with Gasteiger partial charge >= 0.3 is 5.97 Å². The van der Waals surface area contributed by atoms with Gasteiger partial charge in [0.15, 0.2) is 6.29 Å². The molecule has 1 fully saturated rings. The molecule has 34 heavy (non-hydrogen) atoms. The summed E-state index contributed by atoms with van der Waals surface area (Å²) >= 11 is 0. The highest BCUT2D eigenvalue weighted by atomic mass is 16.7. The van der Waals surface area contributed by atoms with Crippen molar-refractivity contribution >= 4 is 5.97 Å².